The Bertz CT molecular complexity index is 494. The number of allylic oxidation sites excluding steroid dienone is 8. The summed E-state index contributed by atoms with van der Waals surface area (Å²) in [6, 6.07) is 0. The maximum atomic E-state index is 6.60. The predicted octanol–water partition coefficient (Wildman–Crippen LogP) is 6.30. The van der Waals surface area contributed by atoms with Gasteiger partial charge < -0.3 is 0 Å². The molecule has 0 heterocycles. The van der Waals surface area contributed by atoms with Crippen molar-refractivity contribution in [2.75, 3.05) is 0 Å². The first-order valence-electron chi connectivity index (χ1n) is 7.32. The summed E-state index contributed by atoms with van der Waals surface area (Å²) in [5.74, 6) is 0. The smallest absolute Gasteiger partial charge is 0.0844 e. The summed E-state index contributed by atoms with van der Waals surface area (Å²) in [6.07, 6.45) is 9.12. The van der Waals surface area contributed by atoms with Gasteiger partial charge in [-0.3, -0.25) is 0 Å². The molecular weight excluding hydrogens is 353 g/mol. The third-order valence-electron chi connectivity index (χ3n) is 5.39. The van der Waals surface area contributed by atoms with E-state index in [9.17, 15) is 0 Å². The zero-order valence-corrected chi connectivity index (χ0v) is 15.7. The van der Waals surface area contributed by atoms with Gasteiger partial charge in [0, 0.05) is 10.4 Å². The van der Waals surface area contributed by atoms with Crippen LogP contribution in [0, 0.1) is 5.41 Å². The van der Waals surface area contributed by atoms with Crippen LogP contribution in [0.5, 0.6) is 0 Å². The van der Waals surface area contributed by atoms with E-state index in [0.29, 0.717) is 0 Å². The fraction of sp³-hybridized carbons (Fsp3) is 0.556. The molecule has 0 bridgehead atoms. The van der Waals surface area contributed by atoms with E-state index in [2.05, 4.69) is 46.8 Å². The summed E-state index contributed by atoms with van der Waals surface area (Å²) < 4.78 is 0. The van der Waals surface area contributed by atoms with Crippen LogP contribution in [-0.4, -0.2) is 0 Å². The maximum absolute atomic E-state index is 6.60. The van der Waals surface area contributed by atoms with Crippen molar-refractivity contribution >= 4 is 11.6 Å². The van der Waals surface area contributed by atoms with Crippen LogP contribution in [0.4, 0.5) is 0 Å². The van der Waals surface area contributed by atoms with Crippen molar-refractivity contribution in [3.8, 4) is 0 Å². The molecule has 2 aliphatic carbocycles. The van der Waals surface area contributed by atoms with Gasteiger partial charge in [-0.2, -0.15) is 0 Å². The second-order valence-corrected chi connectivity index (χ2v) is 6.51. The molecule has 0 fully saturated rings. The fourth-order valence-electron chi connectivity index (χ4n) is 3.51. The standard InChI is InChI=1S/C18H25Cl.Ru/c1-12-13(2)15(4)18(5,14(12)3)16-10-8-6-7-9-11-17(16)19;/h9,11H,6-8,10H2,1-5H3;/q;+2. The molecule has 0 aromatic heterocycles. The van der Waals surface area contributed by atoms with Crippen molar-refractivity contribution in [2.24, 2.45) is 5.41 Å². The van der Waals surface area contributed by atoms with Gasteiger partial charge in [0.25, 0.3) is 0 Å². The molecule has 0 radical (unpaired) electrons. The van der Waals surface area contributed by atoms with Crippen LogP contribution in [-0.2, 0) is 19.5 Å². The Balaban J connectivity index is 0.00000200. The van der Waals surface area contributed by atoms with Crippen molar-refractivity contribution < 1.29 is 19.5 Å². The molecule has 2 aliphatic rings. The third-order valence-corrected chi connectivity index (χ3v) is 5.75. The van der Waals surface area contributed by atoms with Gasteiger partial charge >= 0.3 is 19.5 Å². The quantitative estimate of drug-likeness (QED) is 0.470. The van der Waals surface area contributed by atoms with E-state index in [1.54, 1.807) is 0 Å². The summed E-state index contributed by atoms with van der Waals surface area (Å²) in [7, 11) is 0. The number of hydrogen-bond acceptors (Lipinski definition) is 0. The summed E-state index contributed by atoms with van der Waals surface area (Å²) in [5, 5.41) is 0.961. The van der Waals surface area contributed by atoms with Gasteiger partial charge in [0.2, 0.25) is 0 Å². The van der Waals surface area contributed by atoms with Crippen molar-refractivity contribution in [3.63, 3.8) is 0 Å². The molecule has 110 valence electrons. The minimum absolute atomic E-state index is 0. The first kappa shape index (κ1) is 17.9. The van der Waals surface area contributed by atoms with Crippen LogP contribution in [0.2, 0.25) is 0 Å². The second-order valence-electron chi connectivity index (χ2n) is 6.10. The Hall–Kier alpha value is -0.127. The average molecular weight is 378 g/mol. The molecule has 0 aromatic rings. The van der Waals surface area contributed by atoms with E-state index in [-0.39, 0.29) is 24.9 Å². The Morgan fingerprint density at radius 2 is 1.55 bits per heavy atom. The zero-order valence-electron chi connectivity index (χ0n) is 13.2. The molecule has 2 rings (SSSR count). The van der Waals surface area contributed by atoms with E-state index >= 15 is 0 Å². The van der Waals surface area contributed by atoms with E-state index in [4.69, 9.17) is 11.6 Å². The van der Waals surface area contributed by atoms with E-state index < -0.39 is 0 Å². The molecule has 0 unspecified atom stereocenters. The van der Waals surface area contributed by atoms with E-state index in [1.807, 2.05) is 0 Å². The molecule has 0 aliphatic heterocycles. The molecule has 0 amide bonds. The van der Waals surface area contributed by atoms with Crippen molar-refractivity contribution in [1.29, 1.82) is 0 Å². The minimum atomic E-state index is 0. The SMILES string of the molecule is CC1=C(C)C(C)(C2=C(Cl)C=CCCCC2)C(C)=C1C.[Ru+2]. The van der Waals surface area contributed by atoms with Crippen LogP contribution in [0.25, 0.3) is 0 Å². The molecular formula is C18H25ClRu+2. The van der Waals surface area contributed by atoms with Crippen LogP contribution < -0.4 is 0 Å². The second kappa shape index (κ2) is 6.76. The average Bonchev–Trinajstić information content (AvgIpc) is 2.51. The van der Waals surface area contributed by atoms with Crippen molar-refractivity contribution in [3.05, 3.63) is 45.0 Å². The monoisotopic (exact) mass is 378 g/mol. The molecule has 0 saturated heterocycles. The Morgan fingerprint density at radius 3 is 2.10 bits per heavy atom. The molecule has 0 atom stereocenters. The molecule has 0 N–H and O–H groups in total. The van der Waals surface area contributed by atoms with E-state index in [0.717, 1.165) is 17.9 Å². The Morgan fingerprint density at radius 1 is 1.00 bits per heavy atom. The van der Waals surface area contributed by atoms with Gasteiger partial charge in [-0.05, 0) is 83.1 Å². The van der Waals surface area contributed by atoms with Crippen molar-refractivity contribution in [2.45, 2.75) is 60.3 Å². The van der Waals surface area contributed by atoms with Crippen LogP contribution in [0.15, 0.2) is 45.0 Å². The van der Waals surface area contributed by atoms with Gasteiger partial charge in [0.15, 0.2) is 0 Å². The van der Waals surface area contributed by atoms with Crippen LogP contribution >= 0.6 is 11.6 Å². The van der Waals surface area contributed by atoms with Crippen LogP contribution in [0.1, 0.15) is 60.3 Å². The fourth-order valence-corrected chi connectivity index (χ4v) is 3.88. The zero-order chi connectivity index (χ0) is 14.2. The largest absolute Gasteiger partial charge is 2.00 e. The molecule has 0 nitrogen and oxygen atoms in total. The topological polar surface area (TPSA) is 0 Å². The van der Waals surface area contributed by atoms with Gasteiger partial charge in [-0.15, -0.1) is 0 Å². The summed E-state index contributed by atoms with van der Waals surface area (Å²) in [5.41, 5.74) is 7.30. The molecule has 20 heavy (non-hydrogen) atoms. The van der Waals surface area contributed by atoms with Crippen molar-refractivity contribution in [1.82, 2.24) is 0 Å². The van der Waals surface area contributed by atoms with Crippen LogP contribution in [0.3, 0.4) is 0 Å². The summed E-state index contributed by atoms with van der Waals surface area (Å²) in [6.45, 7) is 11.4. The number of rotatable bonds is 1. The third kappa shape index (κ3) is 2.77. The first-order chi connectivity index (χ1) is 8.90. The van der Waals surface area contributed by atoms with Gasteiger partial charge in [-0.25, -0.2) is 0 Å². The Kier molecular flexibility index (Phi) is 6.05. The van der Waals surface area contributed by atoms with Gasteiger partial charge in [0.05, 0.1) is 0 Å². The minimum Gasteiger partial charge on any atom is -0.0844 e. The molecule has 0 spiro atoms. The normalized spacial score (nSPS) is 22.9. The van der Waals surface area contributed by atoms with E-state index in [1.165, 1.54) is 40.7 Å². The Labute approximate surface area is 141 Å². The molecule has 2 heteroatoms. The number of halogens is 1. The molecule has 0 aromatic carbocycles. The maximum Gasteiger partial charge on any atom is 2.00 e. The van der Waals surface area contributed by atoms with Gasteiger partial charge in [-0.1, -0.05) is 28.8 Å². The predicted molar refractivity (Wildman–Crippen MR) is 85.3 cm³/mol. The number of hydrogen-bond donors (Lipinski definition) is 0. The molecule has 0 saturated carbocycles. The first-order valence-corrected chi connectivity index (χ1v) is 7.70. The summed E-state index contributed by atoms with van der Waals surface area (Å²) >= 11 is 6.60. The van der Waals surface area contributed by atoms with Gasteiger partial charge in [0.1, 0.15) is 0 Å². The summed E-state index contributed by atoms with van der Waals surface area (Å²) in [4.78, 5) is 0.